The molecule has 2 atom stereocenters. The van der Waals surface area contributed by atoms with E-state index in [0.717, 1.165) is 21.0 Å². The highest BCUT2D eigenvalue weighted by molar-refractivity contribution is 7.22. The van der Waals surface area contributed by atoms with Crippen LogP contribution in [0.25, 0.3) is 10.2 Å². The maximum absolute atomic E-state index is 12.6. The van der Waals surface area contributed by atoms with Gasteiger partial charge in [0.25, 0.3) is 5.91 Å². The summed E-state index contributed by atoms with van der Waals surface area (Å²) < 4.78 is 5.96. The van der Waals surface area contributed by atoms with Crippen molar-refractivity contribution in [3.63, 3.8) is 0 Å². The Morgan fingerprint density at radius 3 is 2.88 bits per heavy atom. The Kier molecular flexibility index (Phi) is 6.63. The fourth-order valence-corrected chi connectivity index (χ4v) is 5.11. The van der Waals surface area contributed by atoms with E-state index < -0.39 is 0 Å². The zero-order valence-corrected chi connectivity index (χ0v) is 19.4. The summed E-state index contributed by atoms with van der Waals surface area (Å²) in [5.74, 6) is -0.477. The van der Waals surface area contributed by atoms with Crippen molar-refractivity contribution in [1.29, 1.82) is 0 Å². The van der Waals surface area contributed by atoms with Crippen molar-refractivity contribution in [3.05, 3.63) is 40.4 Å². The third-order valence-electron chi connectivity index (χ3n) is 5.44. The largest absolute Gasteiger partial charge is 0.462 e. The first kappa shape index (κ1) is 22.5. The molecule has 1 amide bonds. The average molecular weight is 477 g/mol. The lowest BCUT2D eigenvalue weighted by Gasteiger charge is -2.36. The van der Waals surface area contributed by atoms with Gasteiger partial charge in [-0.2, -0.15) is 0 Å². The molecule has 0 spiro atoms. The third kappa shape index (κ3) is 4.43. The van der Waals surface area contributed by atoms with Crippen LogP contribution in [0.15, 0.2) is 18.2 Å². The van der Waals surface area contributed by atoms with E-state index >= 15 is 0 Å². The van der Waals surface area contributed by atoms with Gasteiger partial charge in [0.05, 0.1) is 28.1 Å². The number of aromatic amines is 1. The van der Waals surface area contributed by atoms with Crippen molar-refractivity contribution < 1.29 is 14.3 Å². The number of nitrogens with zero attached hydrogens (tertiary/aromatic N) is 3. The summed E-state index contributed by atoms with van der Waals surface area (Å²) in [4.78, 5) is 38.7. The van der Waals surface area contributed by atoms with Crippen LogP contribution < -0.4 is 16.0 Å². The van der Waals surface area contributed by atoms with Crippen LogP contribution in [0.4, 0.5) is 5.13 Å². The minimum atomic E-state index is -0.351. The first-order valence-electron chi connectivity index (χ1n) is 10.5. The zero-order valence-electron chi connectivity index (χ0n) is 17.9. The molecule has 1 aliphatic heterocycles. The van der Waals surface area contributed by atoms with Crippen LogP contribution in [0.2, 0.25) is 5.15 Å². The maximum Gasteiger partial charge on any atom is 0.339 e. The number of carbonyl (C=O) groups is 2. The number of fused-ring (bicyclic) bond motifs is 1. The Morgan fingerprint density at radius 1 is 1.38 bits per heavy atom. The Hall–Kier alpha value is -2.69. The van der Waals surface area contributed by atoms with Gasteiger partial charge < -0.3 is 25.7 Å². The van der Waals surface area contributed by atoms with Crippen LogP contribution >= 0.6 is 22.9 Å². The first-order valence-corrected chi connectivity index (χ1v) is 11.7. The lowest BCUT2D eigenvalue weighted by molar-refractivity contribution is 0.0528. The summed E-state index contributed by atoms with van der Waals surface area (Å²) in [6.07, 6.45) is 1.32. The summed E-state index contributed by atoms with van der Waals surface area (Å²) >= 11 is 7.49. The molecule has 9 nitrogen and oxygen atoms in total. The standard InChI is InChI=1S/C21H25ClN6O3S/c1-3-13-17(22)27-18(24-13)19(29)25-14-8-9-28(10-12(14)23)21-26-15-7-5-6-11(16(15)32-21)20(30)31-4-2/h5-7,12,14H,3-4,8-10,23H2,1-2H3,(H,24,27)(H,25,29)/t12-,14+/m1/s1. The van der Waals surface area contributed by atoms with Crippen LogP contribution in [0.1, 0.15) is 46.9 Å². The van der Waals surface area contributed by atoms with Crippen LogP contribution in [0.3, 0.4) is 0 Å². The Balaban J connectivity index is 1.45. The molecule has 4 N–H and O–H groups in total. The highest BCUT2D eigenvalue weighted by Crippen LogP contribution is 2.33. The highest BCUT2D eigenvalue weighted by Gasteiger charge is 2.30. The number of imidazole rings is 1. The molecule has 0 radical (unpaired) electrons. The molecule has 0 unspecified atom stereocenters. The van der Waals surface area contributed by atoms with E-state index in [1.165, 1.54) is 11.3 Å². The monoisotopic (exact) mass is 476 g/mol. The lowest BCUT2D eigenvalue weighted by Crippen LogP contribution is -2.58. The van der Waals surface area contributed by atoms with E-state index in [2.05, 4.69) is 20.2 Å². The number of piperidine rings is 1. The number of nitrogens with one attached hydrogen (secondary N) is 2. The van der Waals surface area contributed by atoms with E-state index in [1.54, 1.807) is 19.1 Å². The number of aryl methyl sites for hydroxylation is 1. The minimum absolute atomic E-state index is 0.194. The number of thiazole rings is 1. The number of amides is 1. The minimum Gasteiger partial charge on any atom is -0.462 e. The Bertz CT molecular complexity index is 1150. The van der Waals surface area contributed by atoms with Gasteiger partial charge in [-0.1, -0.05) is 35.9 Å². The molecule has 3 aromatic rings. The molecule has 1 aliphatic rings. The average Bonchev–Trinajstić information content (AvgIpc) is 3.38. The van der Waals surface area contributed by atoms with Crippen molar-refractivity contribution in [2.45, 2.75) is 38.8 Å². The second-order valence-corrected chi connectivity index (χ2v) is 8.89. The predicted molar refractivity (Wildman–Crippen MR) is 125 cm³/mol. The molecule has 170 valence electrons. The number of halogens is 1. The quantitative estimate of drug-likeness (QED) is 0.467. The number of rotatable bonds is 6. The molecule has 2 aromatic heterocycles. The number of carbonyl (C=O) groups excluding carboxylic acids is 2. The van der Waals surface area contributed by atoms with Crippen molar-refractivity contribution in [2.24, 2.45) is 5.73 Å². The normalized spacial score (nSPS) is 18.7. The zero-order chi connectivity index (χ0) is 22.8. The van der Waals surface area contributed by atoms with Crippen molar-refractivity contribution in [3.8, 4) is 0 Å². The van der Waals surface area contributed by atoms with Crippen molar-refractivity contribution in [2.75, 3.05) is 24.6 Å². The van der Waals surface area contributed by atoms with Gasteiger partial charge in [-0.05, 0) is 31.9 Å². The number of nitrogens with two attached hydrogens (primary N) is 1. The van der Waals surface area contributed by atoms with Gasteiger partial charge in [-0.3, -0.25) is 4.79 Å². The number of ether oxygens (including phenoxy) is 1. The molecule has 1 aromatic carbocycles. The third-order valence-corrected chi connectivity index (χ3v) is 6.92. The number of H-pyrrole nitrogens is 1. The van der Waals surface area contributed by atoms with E-state index in [0.29, 0.717) is 43.3 Å². The van der Waals surface area contributed by atoms with Gasteiger partial charge >= 0.3 is 5.97 Å². The molecule has 1 saturated heterocycles. The molecule has 3 heterocycles. The Labute approximate surface area is 194 Å². The lowest BCUT2D eigenvalue weighted by atomic mass is 10.0. The van der Waals surface area contributed by atoms with Gasteiger partial charge in [-0.25, -0.2) is 14.8 Å². The van der Waals surface area contributed by atoms with Crippen molar-refractivity contribution in [1.82, 2.24) is 20.3 Å². The summed E-state index contributed by atoms with van der Waals surface area (Å²) in [5.41, 5.74) is 8.39. The molecule has 11 heteroatoms. The summed E-state index contributed by atoms with van der Waals surface area (Å²) in [7, 11) is 0. The molecule has 0 bridgehead atoms. The van der Waals surface area contributed by atoms with E-state index in [1.807, 2.05) is 13.0 Å². The molecular weight excluding hydrogens is 452 g/mol. The van der Waals surface area contributed by atoms with E-state index in [9.17, 15) is 9.59 Å². The predicted octanol–water partition coefficient (Wildman–Crippen LogP) is 2.75. The highest BCUT2D eigenvalue weighted by atomic mass is 35.5. The summed E-state index contributed by atoms with van der Waals surface area (Å²) in [5, 5.41) is 4.07. The number of anilines is 1. The molecular formula is C21H25ClN6O3S. The van der Waals surface area contributed by atoms with Crippen molar-refractivity contribution >= 4 is 50.2 Å². The van der Waals surface area contributed by atoms with Gasteiger partial charge in [0.1, 0.15) is 0 Å². The van der Waals surface area contributed by atoms with Gasteiger partial charge in [0, 0.05) is 25.2 Å². The second kappa shape index (κ2) is 9.43. The molecule has 0 aliphatic carbocycles. The second-order valence-electron chi connectivity index (χ2n) is 7.56. The van der Waals surface area contributed by atoms with Gasteiger partial charge in [0.2, 0.25) is 0 Å². The maximum atomic E-state index is 12.6. The fourth-order valence-electron chi connectivity index (χ4n) is 3.74. The van der Waals surface area contributed by atoms with Gasteiger partial charge in [-0.15, -0.1) is 0 Å². The SMILES string of the molecule is CCOC(=O)c1cccc2nc(N3CC[C@H](NC(=O)c4nc(Cl)c(CC)[nH]4)[C@H](N)C3)sc12. The van der Waals surface area contributed by atoms with E-state index in [-0.39, 0.29) is 29.8 Å². The summed E-state index contributed by atoms with van der Waals surface area (Å²) in [6, 6.07) is 4.94. The molecule has 1 fully saturated rings. The Morgan fingerprint density at radius 2 is 2.19 bits per heavy atom. The summed E-state index contributed by atoms with van der Waals surface area (Å²) in [6.45, 7) is 5.23. The number of hydrogen-bond acceptors (Lipinski definition) is 8. The molecule has 4 rings (SSSR count). The number of esters is 1. The number of aromatic nitrogens is 3. The molecule has 32 heavy (non-hydrogen) atoms. The number of hydrogen-bond donors (Lipinski definition) is 3. The fraction of sp³-hybridized carbons (Fsp3) is 0.429. The topological polar surface area (TPSA) is 126 Å². The van der Waals surface area contributed by atoms with Crippen LogP contribution in [0, 0.1) is 0 Å². The first-order chi connectivity index (χ1) is 15.4. The smallest absolute Gasteiger partial charge is 0.339 e. The van der Waals surface area contributed by atoms with Crippen LogP contribution in [-0.2, 0) is 11.2 Å². The van der Waals surface area contributed by atoms with Crippen LogP contribution in [-0.4, -0.2) is 58.6 Å². The van der Waals surface area contributed by atoms with Gasteiger partial charge in [0.15, 0.2) is 16.1 Å². The molecule has 0 saturated carbocycles. The van der Waals surface area contributed by atoms with E-state index in [4.69, 9.17) is 27.1 Å². The number of benzene rings is 1. The van der Waals surface area contributed by atoms with Crippen LogP contribution in [0.5, 0.6) is 0 Å².